The molecule has 0 radical (unpaired) electrons. The third-order valence-electron chi connectivity index (χ3n) is 4.43. The molecule has 0 aliphatic carbocycles. The van der Waals surface area contributed by atoms with Gasteiger partial charge in [0, 0.05) is 18.9 Å². The van der Waals surface area contributed by atoms with Crippen molar-refractivity contribution < 1.29 is 14.2 Å². The molecule has 19 heavy (non-hydrogen) atoms. The zero-order valence-corrected chi connectivity index (χ0v) is 13.2. The standard InChI is InChI=1S/C16H30O3/c1-15(2,3)13-11-18-14(13)9-16(4,5)19-10-12-7-6-8-17-12/h12-14H,6-11H2,1-5H3. The molecule has 0 aromatic heterocycles. The molecular weight excluding hydrogens is 240 g/mol. The molecule has 2 rings (SSSR count). The van der Waals surface area contributed by atoms with Crippen LogP contribution in [0.25, 0.3) is 0 Å². The van der Waals surface area contributed by atoms with Gasteiger partial charge in [-0.05, 0) is 32.1 Å². The molecule has 0 spiro atoms. The zero-order chi connectivity index (χ0) is 14.1. The first kappa shape index (κ1) is 15.3. The molecule has 2 aliphatic heterocycles. The zero-order valence-electron chi connectivity index (χ0n) is 13.2. The van der Waals surface area contributed by atoms with Crippen molar-refractivity contribution in [3.8, 4) is 0 Å². The fourth-order valence-electron chi connectivity index (χ4n) is 2.98. The first-order chi connectivity index (χ1) is 8.78. The average Bonchev–Trinajstić information content (AvgIpc) is 2.72. The van der Waals surface area contributed by atoms with E-state index >= 15 is 0 Å². The molecule has 0 bridgehead atoms. The van der Waals surface area contributed by atoms with Crippen LogP contribution in [-0.2, 0) is 14.2 Å². The summed E-state index contributed by atoms with van der Waals surface area (Å²) in [4.78, 5) is 0. The molecule has 2 aliphatic rings. The molecule has 3 atom stereocenters. The summed E-state index contributed by atoms with van der Waals surface area (Å²) in [6, 6.07) is 0. The second kappa shape index (κ2) is 5.71. The van der Waals surface area contributed by atoms with E-state index in [2.05, 4.69) is 34.6 Å². The molecule has 0 aromatic carbocycles. The summed E-state index contributed by atoms with van der Waals surface area (Å²) >= 11 is 0. The highest BCUT2D eigenvalue weighted by atomic mass is 16.5. The largest absolute Gasteiger partial charge is 0.377 e. The minimum atomic E-state index is -0.124. The molecule has 0 aromatic rings. The fraction of sp³-hybridized carbons (Fsp3) is 1.00. The van der Waals surface area contributed by atoms with Crippen molar-refractivity contribution in [3.05, 3.63) is 0 Å². The minimum absolute atomic E-state index is 0.124. The van der Waals surface area contributed by atoms with E-state index in [0.717, 1.165) is 32.7 Å². The smallest absolute Gasteiger partial charge is 0.0809 e. The SMILES string of the molecule is CC(C)(CC1OCC1C(C)(C)C)OCC1CCCO1. The Bertz CT molecular complexity index is 287. The third-order valence-corrected chi connectivity index (χ3v) is 4.43. The van der Waals surface area contributed by atoms with Gasteiger partial charge in [-0.1, -0.05) is 20.8 Å². The van der Waals surface area contributed by atoms with Crippen molar-refractivity contribution in [2.75, 3.05) is 19.8 Å². The highest BCUT2D eigenvalue weighted by Gasteiger charge is 2.43. The molecule has 112 valence electrons. The van der Waals surface area contributed by atoms with Gasteiger partial charge in [0.2, 0.25) is 0 Å². The van der Waals surface area contributed by atoms with Crippen molar-refractivity contribution in [1.82, 2.24) is 0 Å². The quantitative estimate of drug-likeness (QED) is 0.766. The molecule has 0 N–H and O–H groups in total. The summed E-state index contributed by atoms with van der Waals surface area (Å²) < 4.78 is 17.5. The summed E-state index contributed by atoms with van der Waals surface area (Å²) in [6.07, 6.45) is 3.94. The Balaban J connectivity index is 1.76. The van der Waals surface area contributed by atoms with Crippen LogP contribution >= 0.6 is 0 Å². The van der Waals surface area contributed by atoms with Gasteiger partial charge in [-0.25, -0.2) is 0 Å². The first-order valence-electron chi connectivity index (χ1n) is 7.65. The fourth-order valence-corrected chi connectivity index (χ4v) is 2.98. The topological polar surface area (TPSA) is 27.7 Å². The minimum Gasteiger partial charge on any atom is -0.377 e. The molecule has 2 saturated heterocycles. The molecule has 2 heterocycles. The van der Waals surface area contributed by atoms with Gasteiger partial charge in [0.15, 0.2) is 0 Å². The number of hydrogen-bond acceptors (Lipinski definition) is 3. The normalized spacial score (nSPS) is 32.4. The third kappa shape index (κ3) is 4.17. The first-order valence-corrected chi connectivity index (χ1v) is 7.65. The van der Waals surface area contributed by atoms with Crippen LogP contribution in [0.5, 0.6) is 0 Å². The van der Waals surface area contributed by atoms with E-state index in [-0.39, 0.29) is 5.60 Å². The predicted molar refractivity (Wildman–Crippen MR) is 76.3 cm³/mol. The lowest BCUT2D eigenvalue weighted by Crippen LogP contribution is -2.50. The van der Waals surface area contributed by atoms with E-state index in [1.54, 1.807) is 0 Å². The van der Waals surface area contributed by atoms with Gasteiger partial charge in [0.1, 0.15) is 0 Å². The lowest BCUT2D eigenvalue weighted by Gasteiger charge is -2.47. The predicted octanol–water partition coefficient (Wildman–Crippen LogP) is 3.41. The van der Waals surface area contributed by atoms with E-state index in [0.29, 0.717) is 23.5 Å². The average molecular weight is 270 g/mol. The van der Waals surface area contributed by atoms with Crippen molar-refractivity contribution >= 4 is 0 Å². The van der Waals surface area contributed by atoms with Gasteiger partial charge in [0.05, 0.1) is 31.0 Å². The maximum atomic E-state index is 6.08. The second-order valence-corrected chi connectivity index (χ2v) is 7.75. The van der Waals surface area contributed by atoms with Crippen LogP contribution in [0.4, 0.5) is 0 Å². The highest BCUT2D eigenvalue weighted by molar-refractivity contribution is 4.91. The Labute approximate surface area is 118 Å². The summed E-state index contributed by atoms with van der Waals surface area (Å²) in [5, 5.41) is 0. The van der Waals surface area contributed by atoms with Crippen LogP contribution in [0.2, 0.25) is 0 Å². The highest BCUT2D eigenvalue weighted by Crippen LogP contribution is 2.40. The lowest BCUT2D eigenvalue weighted by atomic mass is 9.72. The number of ether oxygens (including phenoxy) is 3. The Kier molecular flexibility index (Phi) is 4.59. The summed E-state index contributed by atoms with van der Waals surface area (Å²) in [5.41, 5.74) is 0.202. The summed E-state index contributed by atoms with van der Waals surface area (Å²) in [7, 11) is 0. The monoisotopic (exact) mass is 270 g/mol. The van der Waals surface area contributed by atoms with Crippen LogP contribution in [0.1, 0.15) is 53.9 Å². The lowest BCUT2D eigenvalue weighted by molar-refractivity contribution is -0.187. The number of rotatable bonds is 5. The molecule has 0 amide bonds. The van der Waals surface area contributed by atoms with Gasteiger partial charge in [-0.15, -0.1) is 0 Å². The summed E-state index contributed by atoms with van der Waals surface area (Å²) in [5.74, 6) is 0.651. The van der Waals surface area contributed by atoms with E-state index in [1.165, 1.54) is 6.42 Å². The molecular formula is C16H30O3. The molecule has 2 fully saturated rings. The van der Waals surface area contributed by atoms with Crippen LogP contribution in [0.3, 0.4) is 0 Å². The van der Waals surface area contributed by atoms with Crippen molar-refractivity contribution in [1.29, 1.82) is 0 Å². The Morgan fingerprint density at radius 1 is 1.11 bits per heavy atom. The Morgan fingerprint density at radius 3 is 2.32 bits per heavy atom. The molecule has 3 heteroatoms. The van der Waals surface area contributed by atoms with Gasteiger partial charge in [-0.3, -0.25) is 0 Å². The summed E-state index contributed by atoms with van der Waals surface area (Å²) in [6.45, 7) is 13.8. The van der Waals surface area contributed by atoms with E-state index in [9.17, 15) is 0 Å². The maximum absolute atomic E-state index is 6.08. The number of hydrogen-bond donors (Lipinski definition) is 0. The van der Waals surface area contributed by atoms with Crippen LogP contribution in [0, 0.1) is 11.3 Å². The second-order valence-electron chi connectivity index (χ2n) is 7.75. The van der Waals surface area contributed by atoms with Crippen molar-refractivity contribution in [2.24, 2.45) is 11.3 Å². The van der Waals surface area contributed by atoms with Gasteiger partial charge in [-0.2, -0.15) is 0 Å². The molecule has 3 nitrogen and oxygen atoms in total. The maximum Gasteiger partial charge on any atom is 0.0809 e. The van der Waals surface area contributed by atoms with Crippen molar-refractivity contribution in [3.63, 3.8) is 0 Å². The van der Waals surface area contributed by atoms with Gasteiger partial charge in [0.25, 0.3) is 0 Å². The molecule has 3 unspecified atom stereocenters. The van der Waals surface area contributed by atoms with Crippen LogP contribution < -0.4 is 0 Å². The van der Waals surface area contributed by atoms with E-state index < -0.39 is 0 Å². The Hall–Kier alpha value is -0.120. The van der Waals surface area contributed by atoms with Crippen LogP contribution in [-0.4, -0.2) is 37.6 Å². The molecule has 0 saturated carbocycles. The van der Waals surface area contributed by atoms with Gasteiger partial charge < -0.3 is 14.2 Å². The van der Waals surface area contributed by atoms with Crippen LogP contribution in [0.15, 0.2) is 0 Å². The van der Waals surface area contributed by atoms with E-state index in [1.807, 2.05) is 0 Å². The van der Waals surface area contributed by atoms with Crippen molar-refractivity contribution in [2.45, 2.75) is 71.7 Å². The van der Waals surface area contributed by atoms with E-state index in [4.69, 9.17) is 14.2 Å². The van der Waals surface area contributed by atoms with Gasteiger partial charge >= 0.3 is 0 Å². The Morgan fingerprint density at radius 2 is 1.84 bits per heavy atom.